The van der Waals surface area contributed by atoms with E-state index in [9.17, 15) is 4.79 Å². The van der Waals surface area contributed by atoms with Crippen LogP contribution in [0.5, 0.6) is 0 Å². The number of aromatic amines is 1. The standard InChI is InChI=1S/C15H14ClN3OS/c1-9(10-3-2-4-11(16)7-10)17-8-13-18-12-5-6-21-14(12)15(20)19-13/h2-7,9,17H,8H2,1H3,(H,18,19,20)/t9-/m0/s1. The van der Waals surface area contributed by atoms with E-state index in [4.69, 9.17) is 11.6 Å². The Kier molecular flexibility index (Phi) is 4.05. The highest BCUT2D eigenvalue weighted by Gasteiger charge is 2.08. The normalized spacial score (nSPS) is 12.7. The van der Waals surface area contributed by atoms with Gasteiger partial charge in [0.1, 0.15) is 10.5 Å². The van der Waals surface area contributed by atoms with Crippen LogP contribution >= 0.6 is 22.9 Å². The minimum atomic E-state index is -0.0813. The van der Waals surface area contributed by atoms with Crippen LogP contribution in [0.3, 0.4) is 0 Å². The average Bonchev–Trinajstić information content (AvgIpc) is 2.93. The molecule has 3 rings (SSSR count). The van der Waals surface area contributed by atoms with Gasteiger partial charge in [-0.05, 0) is 36.1 Å². The van der Waals surface area contributed by atoms with Gasteiger partial charge in [-0.15, -0.1) is 11.3 Å². The first-order chi connectivity index (χ1) is 10.1. The summed E-state index contributed by atoms with van der Waals surface area (Å²) in [5.74, 6) is 0.639. The molecule has 0 bridgehead atoms. The van der Waals surface area contributed by atoms with Crippen molar-refractivity contribution in [2.24, 2.45) is 0 Å². The maximum atomic E-state index is 11.9. The molecule has 0 aliphatic carbocycles. The van der Waals surface area contributed by atoms with Gasteiger partial charge in [-0.1, -0.05) is 23.7 Å². The predicted octanol–water partition coefficient (Wildman–Crippen LogP) is 3.49. The number of rotatable bonds is 4. The van der Waals surface area contributed by atoms with Gasteiger partial charge in [-0.2, -0.15) is 0 Å². The Hall–Kier alpha value is -1.69. The molecule has 0 spiro atoms. The predicted molar refractivity (Wildman–Crippen MR) is 86.9 cm³/mol. The van der Waals surface area contributed by atoms with Crippen molar-refractivity contribution in [2.45, 2.75) is 19.5 Å². The highest BCUT2D eigenvalue weighted by atomic mass is 35.5. The molecule has 1 atom stereocenters. The fourth-order valence-corrected chi connectivity index (χ4v) is 3.07. The van der Waals surface area contributed by atoms with Crippen LogP contribution in [0.4, 0.5) is 0 Å². The lowest BCUT2D eigenvalue weighted by Crippen LogP contribution is -2.21. The zero-order valence-corrected chi connectivity index (χ0v) is 13.0. The van der Waals surface area contributed by atoms with Gasteiger partial charge in [-0.3, -0.25) is 4.79 Å². The number of halogens is 1. The van der Waals surface area contributed by atoms with Crippen molar-refractivity contribution in [3.63, 3.8) is 0 Å². The number of hydrogen-bond acceptors (Lipinski definition) is 4. The lowest BCUT2D eigenvalue weighted by molar-refractivity contribution is 0.559. The molecular formula is C15H14ClN3OS. The van der Waals surface area contributed by atoms with Crippen LogP contribution in [-0.4, -0.2) is 9.97 Å². The number of thiophene rings is 1. The summed E-state index contributed by atoms with van der Waals surface area (Å²) in [6.45, 7) is 2.54. The molecule has 2 N–H and O–H groups in total. The molecular weight excluding hydrogens is 306 g/mol. The topological polar surface area (TPSA) is 57.8 Å². The summed E-state index contributed by atoms with van der Waals surface area (Å²) in [5, 5.41) is 5.93. The quantitative estimate of drug-likeness (QED) is 0.774. The molecule has 2 heterocycles. The third kappa shape index (κ3) is 3.15. The van der Waals surface area contributed by atoms with E-state index in [0.29, 0.717) is 22.1 Å². The van der Waals surface area contributed by atoms with Crippen LogP contribution < -0.4 is 10.9 Å². The third-order valence-electron chi connectivity index (χ3n) is 3.29. The second-order valence-electron chi connectivity index (χ2n) is 4.81. The van der Waals surface area contributed by atoms with Crippen molar-refractivity contribution < 1.29 is 0 Å². The van der Waals surface area contributed by atoms with Crippen LogP contribution in [0.15, 0.2) is 40.5 Å². The summed E-state index contributed by atoms with van der Waals surface area (Å²) in [6.07, 6.45) is 0. The zero-order valence-electron chi connectivity index (χ0n) is 11.4. The van der Waals surface area contributed by atoms with E-state index in [1.54, 1.807) is 0 Å². The van der Waals surface area contributed by atoms with Crippen molar-refractivity contribution >= 4 is 33.2 Å². The molecule has 0 fully saturated rings. The van der Waals surface area contributed by atoms with E-state index >= 15 is 0 Å². The molecule has 0 aliphatic heterocycles. The fraction of sp³-hybridized carbons (Fsp3) is 0.200. The number of hydrogen-bond donors (Lipinski definition) is 2. The summed E-state index contributed by atoms with van der Waals surface area (Å²) < 4.78 is 0.668. The molecule has 108 valence electrons. The number of aromatic nitrogens is 2. The van der Waals surface area contributed by atoms with Gasteiger partial charge in [0.15, 0.2) is 0 Å². The Labute approximate surface area is 130 Å². The van der Waals surface area contributed by atoms with Gasteiger partial charge < -0.3 is 10.3 Å². The van der Waals surface area contributed by atoms with Crippen molar-refractivity contribution in [3.8, 4) is 0 Å². The molecule has 1 aromatic carbocycles. The van der Waals surface area contributed by atoms with Crippen molar-refractivity contribution in [1.82, 2.24) is 15.3 Å². The number of benzene rings is 1. The molecule has 6 heteroatoms. The van der Waals surface area contributed by atoms with Gasteiger partial charge in [-0.25, -0.2) is 4.98 Å². The molecule has 2 aromatic heterocycles. The Balaban J connectivity index is 1.75. The van der Waals surface area contributed by atoms with Crippen molar-refractivity contribution in [1.29, 1.82) is 0 Å². The van der Waals surface area contributed by atoms with Crippen LogP contribution in [0.2, 0.25) is 5.02 Å². The highest BCUT2D eigenvalue weighted by molar-refractivity contribution is 7.17. The van der Waals surface area contributed by atoms with Crippen LogP contribution in [0.1, 0.15) is 24.4 Å². The van der Waals surface area contributed by atoms with Gasteiger partial charge in [0, 0.05) is 11.1 Å². The minimum Gasteiger partial charge on any atom is -0.308 e. The molecule has 4 nitrogen and oxygen atoms in total. The minimum absolute atomic E-state index is 0.0813. The molecule has 0 saturated heterocycles. The van der Waals surface area contributed by atoms with Crippen LogP contribution in [-0.2, 0) is 6.54 Å². The van der Waals surface area contributed by atoms with Crippen molar-refractivity contribution in [3.05, 3.63) is 62.5 Å². The Morgan fingerprint density at radius 2 is 2.29 bits per heavy atom. The summed E-state index contributed by atoms with van der Waals surface area (Å²) in [7, 11) is 0. The molecule has 0 amide bonds. The maximum Gasteiger partial charge on any atom is 0.268 e. The van der Waals surface area contributed by atoms with Gasteiger partial charge in [0.2, 0.25) is 0 Å². The first-order valence-corrected chi connectivity index (χ1v) is 7.84. The monoisotopic (exact) mass is 319 g/mol. The number of fused-ring (bicyclic) bond motifs is 1. The first kappa shape index (κ1) is 14.3. The average molecular weight is 320 g/mol. The summed E-state index contributed by atoms with van der Waals surface area (Å²) in [6, 6.07) is 9.69. The molecule has 0 aliphatic rings. The summed E-state index contributed by atoms with van der Waals surface area (Å²) >= 11 is 7.40. The third-order valence-corrected chi connectivity index (χ3v) is 4.43. The Bertz CT molecular complexity index is 827. The largest absolute Gasteiger partial charge is 0.308 e. The van der Waals surface area contributed by atoms with E-state index in [1.807, 2.05) is 42.6 Å². The lowest BCUT2D eigenvalue weighted by Gasteiger charge is -2.14. The smallest absolute Gasteiger partial charge is 0.268 e. The zero-order chi connectivity index (χ0) is 14.8. The molecule has 21 heavy (non-hydrogen) atoms. The van der Waals surface area contributed by atoms with Crippen LogP contribution in [0.25, 0.3) is 10.2 Å². The van der Waals surface area contributed by atoms with E-state index in [1.165, 1.54) is 11.3 Å². The Morgan fingerprint density at radius 3 is 3.10 bits per heavy atom. The van der Waals surface area contributed by atoms with E-state index in [-0.39, 0.29) is 11.6 Å². The molecule has 0 unspecified atom stereocenters. The second kappa shape index (κ2) is 5.97. The lowest BCUT2D eigenvalue weighted by atomic mass is 10.1. The summed E-state index contributed by atoms with van der Waals surface area (Å²) in [5.41, 5.74) is 1.76. The van der Waals surface area contributed by atoms with Crippen molar-refractivity contribution in [2.75, 3.05) is 0 Å². The second-order valence-corrected chi connectivity index (χ2v) is 6.16. The van der Waals surface area contributed by atoms with E-state index in [2.05, 4.69) is 15.3 Å². The van der Waals surface area contributed by atoms with Gasteiger partial charge in [0.05, 0.1) is 12.1 Å². The summed E-state index contributed by atoms with van der Waals surface area (Å²) in [4.78, 5) is 19.1. The molecule has 0 saturated carbocycles. The molecule has 3 aromatic rings. The number of nitrogens with one attached hydrogen (secondary N) is 2. The van der Waals surface area contributed by atoms with E-state index < -0.39 is 0 Å². The first-order valence-electron chi connectivity index (χ1n) is 6.59. The van der Waals surface area contributed by atoms with Crippen LogP contribution in [0, 0.1) is 0 Å². The number of nitrogens with zero attached hydrogens (tertiary/aromatic N) is 1. The number of H-pyrrole nitrogens is 1. The Morgan fingerprint density at radius 1 is 1.43 bits per heavy atom. The van der Waals surface area contributed by atoms with E-state index in [0.717, 1.165) is 11.1 Å². The van der Waals surface area contributed by atoms with Gasteiger partial charge in [0.25, 0.3) is 5.56 Å². The fourth-order valence-electron chi connectivity index (χ4n) is 2.15. The maximum absolute atomic E-state index is 11.9. The molecule has 0 radical (unpaired) electrons. The SMILES string of the molecule is C[C@H](NCc1nc2ccsc2c(=O)[nH]1)c1cccc(Cl)c1. The van der Waals surface area contributed by atoms with Gasteiger partial charge >= 0.3 is 0 Å². The highest BCUT2D eigenvalue weighted by Crippen LogP contribution is 2.18.